The third-order valence-electron chi connectivity index (χ3n) is 25.1. The molecule has 5 rings (SSSR count). The highest BCUT2D eigenvalue weighted by molar-refractivity contribution is 5.90. The number of unbranched alkanes of at least 4 members (excludes halogenated alkanes) is 24. The first kappa shape index (κ1) is 119. The minimum Gasteiger partial charge on any atom is -0.444 e. The lowest BCUT2D eigenvalue weighted by Gasteiger charge is -2.39. The molecular weight excluding hydrogens is 1620 g/mol. The summed E-state index contributed by atoms with van der Waals surface area (Å²) in [6.45, 7) is 49.9. The zero-order chi connectivity index (χ0) is 96.5. The molecule has 23 nitrogen and oxygen atoms in total. The molecule has 1 N–H and O–H groups in total. The third kappa shape index (κ3) is 53.8. The van der Waals surface area contributed by atoms with E-state index in [1.807, 2.05) is 120 Å². The predicted octanol–water partition coefficient (Wildman–Crippen LogP) is 32.4. The van der Waals surface area contributed by atoms with E-state index in [0.717, 1.165) is 182 Å². The van der Waals surface area contributed by atoms with Crippen molar-refractivity contribution in [3.63, 3.8) is 0 Å². The lowest BCUT2D eigenvalue weighted by atomic mass is 9.79. The number of carbonyl (C=O) groups is 9. The van der Waals surface area contributed by atoms with Crippen LogP contribution < -0.4 is 5.32 Å². The van der Waals surface area contributed by atoms with Crippen molar-refractivity contribution in [3.8, 4) is 0 Å². The first-order valence-corrected chi connectivity index (χ1v) is 51.2. The monoisotopic (exact) mass is 1810 g/mol. The zero-order valence-corrected chi connectivity index (χ0v) is 86.4. The van der Waals surface area contributed by atoms with Gasteiger partial charge in [0.05, 0.1) is 0 Å². The highest BCUT2D eigenvalue weighted by Crippen LogP contribution is 2.41. The molecule has 128 heavy (non-hydrogen) atoms. The summed E-state index contributed by atoms with van der Waals surface area (Å²) in [5, 5.41) is 2.64. The number of hydrogen-bond acceptors (Lipinski definition) is 18. The SMILES string of the molecule is CC(C)(C)OC(=O)Nc1ccccc1.CCCCCCCCCN(C(=O)OC(C)(C)C)C(=O)OC(C)(C)C.CCCCCCCCCN(C(=O)OC(C)(C)C1CCCCC1)C(=O)OC(C)(C)C1CCCCC1.CCCCCCCCCN(C(=O)OC(C)(C)CC)C(=O)OC(C)(C)CC.CCCCCCCCCN(C(=O)OC1(CC)CCCC1)C(=O)OC1(CC)CCCC1. The van der Waals surface area contributed by atoms with E-state index in [1.165, 1.54) is 151 Å². The van der Waals surface area contributed by atoms with Gasteiger partial charge >= 0.3 is 54.8 Å². The molecule has 9 amide bonds. The number of benzene rings is 1. The number of carbonyl (C=O) groups excluding carboxylic acids is 9. The maximum absolute atomic E-state index is 13.3. The summed E-state index contributed by atoms with van der Waals surface area (Å²) in [6.07, 6.45) is 49.1. The fourth-order valence-electron chi connectivity index (χ4n) is 16.1. The van der Waals surface area contributed by atoms with Gasteiger partial charge in [0.1, 0.15) is 50.4 Å². The van der Waals surface area contributed by atoms with Crippen LogP contribution in [0.4, 0.5) is 48.8 Å². The van der Waals surface area contributed by atoms with Gasteiger partial charge < -0.3 is 42.6 Å². The number of nitrogens with zero attached hydrogens (tertiary/aromatic N) is 4. The highest BCUT2D eigenvalue weighted by atomic mass is 16.6. The molecule has 0 bridgehead atoms. The summed E-state index contributed by atoms with van der Waals surface area (Å²) in [5.74, 6) is 0.695. The summed E-state index contributed by atoms with van der Waals surface area (Å²) in [7, 11) is 0. The predicted molar refractivity (Wildman–Crippen MR) is 519 cm³/mol. The Morgan fingerprint density at radius 3 is 0.789 bits per heavy atom. The molecule has 0 unspecified atom stereocenters. The Morgan fingerprint density at radius 2 is 0.539 bits per heavy atom. The number of anilines is 1. The maximum Gasteiger partial charge on any atom is 0.419 e. The van der Waals surface area contributed by atoms with E-state index in [1.54, 1.807) is 41.5 Å². The molecule has 0 spiro atoms. The van der Waals surface area contributed by atoms with E-state index in [2.05, 4.69) is 46.9 Å². The van der Waals surface area contributed by atoms with Gasteiger partial charge in [-0.15, -0.1) is 0 Å². The van der Waals surface area contributed by atoms with E-state index in [4.69, 9.17) is 42.6 Å². The van der Waals surface area contributed by atoms with Crippen LogP contribution in [0.3, 0.4) is 0 Å². The van der Waals surface area contributed by atoms with Crippen LogP contribution >= 0.6 is 0 Å². The molecule has 744 valence electrons. The molecule has 0 saturated heterocycles. The van der Waals surface area contributed by atoms with Gasteiger partial charge in [0.2, 0.25) is 0 Å². The van der Waals surface area contributed by atoms with Crippen molar-refractivity contribution in [2.45, 2.75) is 545 Å². The van der Waals surface area contributed by atoms with E-state index >= 15 is 0 Å². The molecule has 1 aromatic rings. The lowest BCUT2D eigenvalue weighted by molar-refractivity contribution is -0.0530. The van der Waals surface area contributed by atoms with Gasteiger partial charge in [0.25, 0.3) is 0 Å². The van der Waals surface area contributed by atoms with Crippen molar-refractivity contribution in [1.29, 1.82) is 0 Å². The molecule has 4 aliphatic carbocycles. The standard InChI is InChI=1S/C29H53NO4.C25H45NO4.C21H41NO4.C19H37NO4.C11H15NO2/c1-6-7-8-9-10-11-18-23-30(26(31)33-28(2,3)24-19-14-12-15-20-24)27(32)34-29(4,5)25-21-16-13-17-22-25;1-4-7-8-9-10-11-16-21-26(22(27)29-24(5-2)17-12-13-18-24)23(28)30-25(6-3)19-14-15-20-25;1-8-11-12-13-14-15-16-17-22(18(23)25-20(4,5)9-2)19(24)26-21(6,7)10-3;1-8-9-10-11-12-13-14-15-20(16(21)23-18(2,3)4)17(22)24-19(5,6)7;1-11(2,3)14-10(13)12-9-7-5-4-6-8-9/h24-25H,6-23H2,1-5H3;4-21H2,1-3H3;8-17H2,1-7H3;8-15H2,1-7H3;4-8H,1-3H3,(H,12,13). The van der Waals surface area contributed by atoms with Crippen LogP contribution in [-0.2, 0) is 42.6 Å². The first-order valence-electron chi connectivity index (χ1n) is 51.2. The number of nitrogens with one attached hydrogen (secondary N) is 1. The Labute approximate surface area is 780 Å². The van der Waals surface area contributed by atoms with Gasteiger partial charge in [-0.2, -0.15) is 0 Å². The number of amides is 9. The molecule has 0 aliphatic heterocycles. The van der Waals surface area contributed by atoms with Crippen molar-refractivity contribution in [1.82, 2.24) is 19.6 Å². The van der Waals surface area contributed by atoms with Crippen LogP contribution in [0.2, 0.25) is 0 Å². The van der Waals surface area contributed by atoms with Crippen LogP contribution in [0.15, 0.2) is 30.3 Å². The number of imide groups is 4. The minimum atomic E-state index is -0.641. The normalized spacial score (nSPS) is 15.4. The van der Waals surface area contributed by atoms with Crippen molar-refractivity contribution in [2.75, 3.05) is 31.5 Å². The van der Waals surface area contributed by atoms with Gasteiger partial charge in [-0.3, -0.25) is 5.32 Å². The number of para-hydroxylation sites is 1. The quantitative estimate of drug-likeness (QED) is 0.0470. The molecular formula is C105H191N5O18. The molecule has 23 heteroatoms. The molecule has 4 saturated carbocycles. The van der Waals surface area contributed by atoms with E-state index in [9.17, 15) is 43.2 Å². The molecule has 0 heterocycles. The molecule has 1 aromatic carbocycles. The van der Waals surface area contributed by atoms with Gasteiger partial charge in [-0.1, -0.05) is 266 Å². The molecule has 0 aromatic heterocycles. The topological polar surface area (TPSA) is 262 Å². The van der Waals surface area contributed by atoms with Gasteiger partial charge in [-0.25, -0.2) is 62.8 Å². The Bertz CT molecular complexity index is 3040. The maximum atomic E-state index is 13.3. The van der Waals surface area contributed by atoms with Crippen LogP contribution in [0.5, 0.6) is 0 Å². The summed E-state index contributed by atoms with van der Waals surface area (Å²) in [6, 6.07) is 9.22. The molecule has 0 radical (unpaired) electrons. The Kier molecular flexibility index (Phi) is 59.3. The summed E-state index contributed by atoms with van der Waals surface area (Å²) >= 11 is 0. The van der Waals surface area contributed by atoms with E-state index in [0.29, 0.717) is 50.9 Å². The largest absolute Gasteiger partial charge is 0.444 e. The first-order chi connectivity index (χ1) is 60.2. The lowest BCUT2D eigenvalue weighted by Crippen LogP contribution is -2.48. The van der Waals surface area contributed by atoms with E-state index < -0.39 is 105 Å². The second kappa shape index (κ2) is 63.5. The van der Waals surface area contributed by atoms with Crippen molar-refractivity contribution >= 4 is 60.5 Å². The van der Waals surface area contributed by atoms with Crippen molar-refractivity contribution < 1.29 is 85.8 Å². The fourth-order valence-corrected chi connectivity index (χ4v) is 16.1. The summed E-state index contributed by atoms with van der Waals surface area (Å²) in [5.41, 5.74) is -4.15. The number of hydrogen-bond donors (Lipinski definition) is 1. The Hall–Kier alpha value is -6.55. The van der Waals surface area contributed by atoms with Crippen LogP contribution in [0.25, 0.3) is 0 Å². The third-order valence-corrected chi connectivity index (χ3v) is 25.1. The molecule has 0 atom stereocenters. The Balaban J connectivity index is 0.000000818. The van der Waals surface area contributed by atoms with Gasteiger partial charge in [0.15, 0.2) is 0 Å². The van der Waals surface area contributed by atoms with E-state index in [-0.39, 0.29) is 0 Å². The summed E-state index contributed by atoms with van der Waals surface area (Å²) in [4.78, 5) is 118. The molecule has 4 aliphatic rings. The Morgan fingerprint density at radius 1 is 0.297 bits per heavy atom. The van der Waals surface area contributed by atoms with Gasteiger partial charge in [-0.05, 0) is 270 Å². The minimum absolute atomic E-state index is 0.331. The van der Waals surface area contributed by atoms with Crippen molar-refractivity contribution in [3.05, 3.63) is 30.3 Å². The van der Waals surface area contributed by atoms with Crippen molar-refractivity contribution in [2.24, 2.45) is 11.8 Å². The second-order valence-electron chi connectivity index (χ2n) is 41.8. The number of rotatable bonds is 45. The highest BCUT2D eigenvalue weighted by Gasteiger charge is 2.44. The second-order valence-corrected chi connectivity index (χ2v) is 41.8. The van der Waals surface area contributed by atoms with Crippen LogP contribution in [0.1, 0.15) is 494 Å². The average molecular weight is 1810 g/mol. The molecule has 4 fully saturated rings. The summed E-state index contributed by atoms with van der Waals surface area (Å²) < 4.78 is 50.7. The fraction of sp³-hybridized carbons (Fsp3) is 0.857. The zero-order valence-electron chi connectivity index (χ0n) is 86.4. The number of ether oxygens (including phenoxy) is 9. The van der Waals surface area contributed by atoms with Crippen LogP contribution in [-0.4, -0.2) is 151 Å². The van der Waals surface area contributed by atoms with Crippen LogP contribution in [0, 0.1) is 11.8 Å². The average Bonchev–Trinajstić information content (AvgIpc) is 1.38. The smallest absolute Gasteiger partial charge is 0.419 e. The van der Waals surface area contributed by atoms with Gasteiger partial charge in [0, 0.05) is 31.9 Å².